The van der Waals surface area contributed by atoms with Crippen LogP contribution < -0.4 is 4.65 Å². The maximum atomic E-state index is 8.54. The van der Waals surface area contributed by atoms with E-state index in [-0.39, 0.29) is 0 Å². The Bertz CT molecular complexity index is 416. The van der Waals surface area contributed by atoms with E-state index in [0.717, 1.165) is 5.56 Å². The molecule has 1 radical (unpaired) electrons. The van der Waals surface area contributed by atoms with Crippen molar-refractivity contribution >= 4 is 7.69 Å². The molecule has 4 nitrogen and oxygen atoms in total. The van der Waals surface area contributed by atoms with Crippen LogP contribution in [0.1, 0.15) is 5.56 Å². The Balaban J connectivity index is 2.14. The van der Waals surface area contributed by atoms with Gasteiger partial charge in [0.15, 0.2) is 5.88 Å². The third-order valence-corrected chi connectivity index (χ3v) is 2.03. The fourth-order valence-electron chi connectivity index (χ4n) is 1.35. The Labute approximate surface area is 88.4 Å². The summed E-state index contributed by atoms with van der Waals surface area (Å²) in [4.78, 5) is 0. The van der Waals surface area contributed by atoms with Gasteiger partial charge in [-0.25, -0.2) is 4.68 Å². The maximum absolute atomic E-state index is 8.54. The van der Waals surface area contributed by atoms with E-state index in [9.17, 15) is 0 Å². The van der Waals surface area contributed by atoms with Crippen LogP contribution in [0, 0.1) is 0 Å². The van der Waals surface area contributed by atoms with Crippen molar-refractivity contribution in [1.82, 2.24) is 9.78 Å². The molecule has 0 unspecified atom stereocenters. The molecule has 0 spiro atoms. The molecule has 0 amide bonds. The molecular formula is C10H10BN2O2. The van der Waals surface area contributed by atoms with E-state index in [4.69, 9.17) is 9.68 Å². The van der Waals surface area contributed by atoms with E-state index in [1.807, 2.05) is 30.3 Å². The summed E-state index contributed by atoms with van der Waals surface area (Å²) in [5.74, 6) is 0.515. The smallest absolute Gasteiger partial charge is 0.524 e. The second kappa shape index (κ2) is 4.66. The molecule has 0 saturated heterocycles. The summed E-state index contributed by atoms with van der Waals surface area (Å²) in [5.41, 5.74) is 1.13. The van der Waals surface area contributed by atoms with E-state index in [0.29, 0.717) is 20.1 Å². The average Bonchev–Trinajstić information content (AvgIpc) is 2.68. The Morgan fingerprint density at radius 1 is 1.27 bits per heavy atom. The highest BCUT2D eigenvalue weighted by atomic mass is 16.5. The van der Waals surface area contributed by atoms with Gasteiger partial charge in [0.25, 0.3) is 0 Å². The van der Waals surface area contributed by atoms with E-state index in [1.54, 1.807) is 16.9 Å². The van der Waals surface area contributed by atoms with Gasteiger partial charge in [0.05, 0.1) is 12.7 Å². The van der Waals surface area contributed by atoms with E-state index in [1.165, 1.54) is 0 Å². The van der Waals surface area contributed by atoms with Crippen molar-refractivity contribution in [2.45, 2.75) is 6.54 Å². The van der Waals surface area contributed by atoms with Crippen LogP contribution in [-0.4, -0.2) is 22.5 Å². The molecule has 2 aromatic rings. The summed E-state index contributed by atoms with van der Waals surface area (Å²) in [6.45, 7) is 0.622. The van der Waals surface area contributed by atoms with Gasteiger partial charge < -0.3 is 9.68 Å². The van der Waals surface area contributed by atoms with Crippen LogP contribution >= 0.6 is 0 Å². The Kier molecular flexibility index (Phi) is 3.04. The first-order valence-electron chi connectivity index (χ1n) is 4.58. The zero-order chi connectivity index (χ0) is 10.5. The van der Waals surface area contributed by atoms with Crippen molar-refractivity contribution in [2.75, 3.05) is 0 Å². The maximum Gasteiger partial charge on any atom is 0.570 e. The molecule has 0 saturated carbocycles. The molecule has 0 bridgehead atoms. The Morgan fingerprint density at radius 2 is 2.07 bits per heavy atom. The number of hydrogen-bond acceptors (Lipinski definition) is 3. The predicted molar refractivity (Wildman–Crippen MR) is 56.4 cm³/mol. The van der Waals surface area contributed by atoms with Gasteiger partial charge in [-0.15, -0.1) is 0 Å². The number of hydrogen-bond donors (Lipinski definition) is 1. The summed E-state index contributed by atoms with van der Waals surface area (Å²) in [6, 6.07) is 11.6. The van der Waals surface area contributed by atoms with Crippen molar-refractivity contribution in [3.8, 4) is 5.88 Å². The van der Waals surface area contributed by atoms with Crippen LogP contribution in [-0.2, 0) is 6.54 Å². The molecule has 0 fully saturated rings. The highest BCUT2D eigenvalue weighted by Crippen LogP contribution is 2.11. The van der Waals surface area contributed by atoms with Crippen molar-refractivity contribution in [3.63, 3.8) is 0 Å². The molecule has 75 valence electrons. The number of aromatic nitrogens is 2. The molecule has 1 aromatic carbocycles. The molecule has 0 atom stereocenters. The summed E-state index contributed by atoms with van der Waals surface area (Å²) in [7, 11) is 0.651. The second-order valence-corrected chi connectivity index (χ2v) is 3.04. The van der Waals surface area contributed by atoms with E-state index in [2.05, 4.69) is 5.10 Å². The number of rotatable bonds is 4. The fraction of sp³-hybridized carbons (Fsp3) is 0.100. The fourth-order valence-corrected chi connectivity index (χ4v) is 1.35. The van der Waals surface area contributed by atoms with Gasteiger partial charge in [-0.2, -0.15) is 5.10 Å². The molecule has 5 heteroatoms. The minimum atomic E-state index is 0.515. The van der Waals surface area contributed by atoms with Crippen LogP contribution in [0.5, 0.6) is 5.88 Å². The third kappa shape index (κ3) is 2.38. The highest BCUT2D eigenvalue weighted by Gasteiger charge is 2.03. The van der Waals surface area contributed by atoms with Gasteiger partial charge in [-0.05, 0) is 5.56 Å². The molecule has 0 aliphatic rings. The number of benzene rings is 1. The zero-order valence-corrected chi connectivity index (χ0v) is 8.08. The van der Waals surface area contributed by atoms with Crippen molar-refractivity contribution < 1.29 is 9.68 Å². The van der Waals surface area contributed by atoms with Crippen LogP contribution in [0.25, 0.3) is 0 Å². The van der Waals surface area contributed by atoms with Gasteiger partial charge >= 0.3 is 7.69 Å². The average molecular weight is 201 g/mol. The number of nitrogens with zero attached hydrogens (tertiary/aromatic N) is 2. The van der Waals surface area contributed by atoms with Gasteiger partial charge in [-0.3, -0.25) is 0 Å². The molecular weight excluding hydrogens is 191 g/mol. The summed E-state index contributed by atoms with van der Waals surface area (Å²) < 4.78 is 6.55. The molecule has 2 rings (SSSR count). The first kappa shape index (κ1) is 9.80. The highest BCUT2D eigenvalue weighted by molar-refractivity contribution is 6.17. The molecule has 1 heterocycles. The molecule has 0 aliphatic carbocycles. The normalized spacial score (nSPS) is 9.93. The van der Waals surface area contributed by atoms with E-state index < -0.39 is 0 Å². The topological polar surface area (TPSA) is 47.3 Å². The standard InChI is InChI=1S/C10H10BN2O2/c14-11-15-10-6-7-12-13(10)8-9-4-2-1-3-5-9/h1-7,14H,8H2. The van der Waals surface area contributed by atoms with Crippen LogP contribution in [0.3, 0.4) is 0 Å². The summed E-state index contributed by atoms with van der Waals surface area (Å²) >= 11 is 0. The summed E-state index contributed by atoms with van der Waals surface area (Å²) in [6.07, 6.45) is 1.63. The van der Waals surface area contributed by atoms with Gasteiger partial charge in [0.2, 0.25) is 0 Å². The van der Waals surface area contributed by atoms with Gasteiger partial charge in [0.1, 0.15) is 0 Å². The second-order valence-electron chi connectivity index (χ2n) is 3.04. The lowest BCUT2D eigenvalue weighted by atomic mass is 10.2. The van der Waals surface area contributed by atoms with Crippen LogP contribution in [0.4, 0.5) is 0 Å². The van der Waals surface area contributed by atoms with Gasteiger partial charge in [-0.1, -0.05) is 30.3 Å². The SMILES string of the molecule is O[B]Oc1ccnn1Cc1ccccc1. The lowest BCUT2D eigenvalue weighted by Crippen LogP contribution is -2.08. The van der Waals surface area contributed by atoms with Crippen LogP contribution in [0.15, 0.2) is 42.6 Å². The monoisotopic (exact) mass is 201 g/mol. The molecule has 1 aromatic heterocycles. The Hall–Kier alpha value is -1.75. The molecule has 0 aliphatic heterocycles. The lowest BCUT2D eigenvalue weighted by Gasteiger charge is -2.06. The van der Waals surface area contributed by atoms with Crippen molar-refractivity contribution in [2.24, 2.45) is 0 Å². The minimum Gasteiger partial charge on any atom is -0.524 e. The van der Waals surface area contributed by atoms with Crippen molar-refractivity contribution in [3.05, 3.63) is 48.2 Å². The summed E-state index contributed by atoms with van der Waals surface area (Å²) in [5, 5.41) is 12.6. The third-order valence-electron chi connectivity index (χ3n) is 2.03. The van der Waals surface area contributed by atoms with Crippen molar-refractivity contribution in [1.29, 1.82) is 0 Å². The first-order chi connectivity index (χ1) is 7.40. The minimum absolute atomic E-state index is 0.515. The molecule has 15 heavy (non-hydrogen) atoms. The van der Waals surface area contributed by atoms with E-state index >= 15 is 0 Å². The molecule has 1 N–H and O–H groups in total. The first-order valence-corrected chi connectivity index (χ1v) is 4.58. The lowest BCUT2D eigenvalue weighted by molar-refractivity contribution is 0.417. The predicted octanol–water partition coefficient (Wildman–Crippen LogP) is 0.837. The zero-order valence-electron chi connectivity index (χ0n) is 8.08. The van der Waals surface area contributed by atoms with Gasteiger partial charge in [0, 0.05) is 6.07 Å². The largest absolute Gasteiger partial charge is 0.570 e. The quantitative estimate of drug-likeness (QED) is 0.745. The van der Waals surface area contributed by atoms with Crippen LogP contribution in [0.2, 0.25) is 0 Å². The Morgan fingerprint density at radius 3 is 2.80 bits per heavy atom.